The van der Waals surface area contributed by atoms with Gasteiger partial charge in [0.15, 0.2) is 0 Å². The predicted octanol–water partition coefficient (Wildman–Crippen LogP) is 4.30. The lowest BCUT2D eigenvalue weighted by Gasteiger charge is -2.13. The molecule has 0 saturated carbocycles. The molecular formula is C20H12Cl2FN3O3S. The van der Waals surface area contributed by atoms with E-state index in [0.717, 1.165) is 10.6 Å². The Morgan fingerprint density at radius 1 is 1.07 bits per heavy atom. The van der Waals surface area contributed by atoms with Crippen molar-refractivity contribution >= 4 is 56.3 Å². The first-order valence-electron chi connectivity index (χ1n) is 8.59. The highest BCUT2D eigenvalue weighted by Crippen LogP contribution is 2.20. The quantitative estimate of drug-likeness (QED) is 0.490. The number of hydrogen-bond acceptors (Lipinski definition) is 4. The van der Waals surface area contributed by atoms with E-state index >= 15 is 0 Å². The number of nitrogens with one attached hydrogen (secondary N) is 1. The Hall–Kier alpha value is -2.94. The molecule has 2 aromatic heterocycles. The van der Waals surface area contributed by atoms with Gasteiger partial charge in [0.05, 0.1) is 16.2 Å². The molecule has 4 rings (SSSR count). The maximum atomic E-state index is 13.3. The van der Waals surface area contributed by atoms with Crippen LogP contribution in [-0.4, -0.2) is 15.0 Å². The minimum atomic E-state index is -0.666. The Bertz CT molecular complexity index is 1390. The molecule has 0 aliphatic heterocycles. The summed E-state index contributed by atoms with van der Waals surface area (Å²) in [5.41, 5.74) is -0.168. The van der Waals surface area contributed by atoms with Gasteiger partial charge in [-0.1, -0.05) is 23.2 Å². The molecule has 4 aromatic rings. The molecule has 2 aromatic carbocycles. The molecule has 0 saturated heterocycles. The summed E-state index contributed by atoms with van der Waals surface area (Å²) < 4.78 is 15.9. The Balaban J connectivity index is 1.76. The zero-order chi connectivity index (χ0) is 21.4. The molecule has 30 heavy (non-hydrogen) atoms. The average molecular weight is 464 g/mol. The van der Waals surface area contributed by atoms with Crippen molar-refractivity contribution in [2.75, 3.05) is 5.32 Å². The van der Waals surface area contributed by atoms with Gasteiger partial charge in [0.25, 0.3) is 5.56 Å². The van der Waals surface area contributed by atoms with Crippen LogP contribution in [0.4, 0.5) is 10.1 Å². The summed E-state index contributed by atoms with van der Waals surface area (Å²) >= 11 is 12.8. The van der Waals surface area contributed by atoms with Gasteiger partial charge in [-0.25, -0.2) is 13.8 Å². The molecule has 0 atom stereocenters. The van der Waals surface area contributed by atoms with Gasteiger partial charge >= 0.3 is 5.69 Å². The molecule has 10 heteroatoms. The molecule has 0 aliphatic carbocycles. The summed E-state index contributed by atoms with van der Waals surface area (Å²) in [7, 11) is 0. The third-order valence-electron chi connectivity index (χ3n) is 4.34. The normalized spacial score (nSPS) is 11.0. The van der Waals surface area contributed by atoms with Crippen LogP contribution in [0.15, 0.2) is 63.5 Å². The number of nitrogens with zero attached hydrogens (tertiary/aromatic N) is 2. The van der Waals surface area contributed by atoms with Crippen LogP contribution in [0.1, 0.15) is 0 Å². The van der Waals surface area contributed by atoms with E-state index in [-0.39, 0.29) is 17.3 Å². The number of carbonyl (C=O) groups excluding carboxylic acids is 1. The van der Waals surface area contributed by atoms with E-state index in [0.29, 0.717) is 20.9 Å². The monoisotopic (exact) mass is 463 g/mol. The summed E-state index contributed by atoms with van der Waals surface area (Å²) in [6.07, 6.45) is 0. The molecule has 0 fully saturated rings. The lowest BCUT2D eigenvalue weighted by atomic mass is 10.3. The molecule has 152 valence electrons. The Morgan fingerprint density at radius 2 is 1.80 bits per heavy atom. The van der Waals surface area contributed by atoms with E-state index in [1.54, 1.807) is 35.7 Å². The van der Waals surface area contributed by atoms with Crippen molar-refractivity contribution < 1.29 is 9.18 Å². The van der Waals surface area contributed by atoms with Crippen LogP contribution < -0.4 is 16.6 Å². The van der Waals surface area contributed by atoms with Gasteiger partial charge in [0.2, 0.25) is 5.91 Å². The van der Waals surface area contributed by atoms with Gasteiger partial charge in [-0.3, -0.25) is 14.2 Å². The van der Waals surface area contributed by atoms with Crippen LogP contribution in [0.25, 0.3) is 15.9 Å². The van der Waals surface area contributed by atoms with Gasteiger partial charge in [-0.15, -0.1) is 11.3 Å². The first kappa shape index (κ1) is 20.3. The number of halogens is 3. The lowest BCUT2D eigenvalue weighted by molar-refractivity contribution is -0.116. The fraction of sp³-hybridized carbons (Fsp3) is 0.0500. The van der Waals surface area contributed by atoms with Crippen LogP contribution in [0, 0.1) is 5.82 Å². The molecule has 6 nitrogen and oxygen atoms in total. The van der Waals surface area contributed by atoms with Crippen molar-refractivity contribution in [3.8, 4) is 5.69 Å². The number of fused-ring (bicyclic) bond motifs is 1. The highest BCUT2D eigenvalue weighted by molar-refractivity contribution is 7.17. The van der Waals surface area contributed by atoms with Gasteiger partial charge in [0, 0.05) is 10.7 Å². The van der Waals surface area contributed by atoms with Crippen LogP contribution in [0.3, 0.4) is 0 Å². The average Bonchev–Trinajstić information content (AvgIpc) is 3.20. The van der Waals surface area contributed by atoms with E-state index in [9.17, 15) is 18.8 Å². The number of rotatable bonds is 4. The van der Waals surface area contributed by atoms with Crippen molar-refractivity contribution in [3.63, 3.8) is 0 Å². The van der Waals surface area contributed by atoms with Crippen LogP contribution in [-0.2, 0) is 11.3 Å². The second-order valence-corrected chi connectivity index (χ2v) is 8.06. The number of hydrogen-bond donors (Lipinski definition) is 1. The summed E-state index contributed by atoms with van der Waals surface area (Å²) in [6, 6.07) is 11.6. The van der Waals surface area contributed by atoms with Crippen molar-refractivity contribution in [3.05, 3.63) is 90.6 Å². The molecule has 0 aliphatic rings. The minimum Gasteiger partial charge on any atom is -0.324 e. The largest absolute Gasteiger partial charge is 0.336 e. The summed E-state index contributed by atoms with van der Waals surface area (Å²) in [5, 5.41) is 4.57. The first-order chi connectivity index (χ1) is 14.3. The lowest BCUT2D eigenvalue weighted by Crippen LogP contribution is -2.40. The maximum Gasteiger partial charge on any atom is 0.336 e. The predicted molar refractivity (Wildman–Crippen MR) is 117 cm³/mol. The molecule has 0 bridgehead atoms. The number of benzene rings is 2. The molecule has 1 N–H and O–H groups in total. The van der Waals surface area contributed by atoms with Crippen LogP contribution >= 0.6 is 34.5 Å². The number of anilines is 1. The topological polar surface area (TPSA) is 73.1 Å². The number of amides is 1. The van der Waals surface area contributed by atoms with Crippen molar-refractivity contribution in [2.45, 2.75) is 6.54 Å². The third kappa shape index (κ3) is 3.77. The van der Waals surface area contributed by atoms with Crippen molar-refractivity contribution in [1.82, 2.24) is 9.13 Å². The molecular weight excluding hydrogens is 452 g/mol. The first-order valence-corrected chi connectivity index (χ1v) is 10.2. The zero-order valence-corrected chi connectivity index (χ0v) is 17.4. The molecule has 0 spiro atoms. The Kier molecular flexibility index (Phi) is 5.46. The summed E-state index contributed by atoms with van der Waals surface area (Å²) in [6.45, 7) is -0.352. The summed E-state index contributed by atoms with van der Waals surface area (Å²) in [4.78, 5) is 38.6. The second kappa shape index (κ2) is 8.06. The highest BCUT2D eigenvalue weighted by Gasteiger charge is 2.18. The molecule has 2 heterocycles. The minimum absolute atomic E-state index is 0.138. The van der Waals surface area contributed by atoms with Crippen LogP contribution in [0.2, 0.25) is 10.0 Å². The van der Waals surface area contributed by atoms with E-state index in [2.05, 4.69) is 5.32 Å². The Labute approximate surface area is 182 Å². The molecule has 0 unspecified atom stereocenters. The van der Waals surface area contributed by atoms with Crippen LogP contribution in [0.5, 0.6) is 0 Å². The Morgan fingerprint density at radius 3 is 2.50 bits per heavy atom. The van der Waals surface area contributed by atoms with Gasteiger partial charge in [-0.05, 0) is 53.9 Å². The fourth-order valence-corrected chi connectivity index (χ4v) is 4.11. The van der Waals surface area contributed by atoms with E-state index in [4.69, 9.17) is 23.2 Å². The smallest absolute Gasteiger partial charge is 0.324 e. The van der Waals surface area contributed by atoms with Gasteiger partial charge in [0.1, 0.15) is 17.1 Å². The third-order valence-corrected chi connectivity index (χ3v) is 5.78. The van der Waals surface area contributed by atoms with E-state index < -0.39 is 23.0 Å². The SMILES string of the molecule is O=C(Cn1c(=O)n(-c2ccc(Cl)cc2)c(=O)c2sccc21)Nc1ccc(F)c(Cl)c1. The number of thiophene rings is 1. The molecule has 1 amide bonds. The highest BCUT2D eigenvalue weighted by atomic mass is 35.5. The van der Waals surface area contributed by atoms with Crippen molar-refractivity contribution in [1.29, 1.82) is 0 Å². The summed E-state index contributed by atoms with van der Waals surface area (Å²) in [5.74, 6) is -1.14. The molecule has 0 radical (unpaired) electrons. The van der Waals surface area contributed by atoms with Gasteiger partial charge in [-0.2, -0.15) is 0 Å². The standard InChI is InChI=1S/C20H12Cl2FN3O3S/c21-11-1-4-13(5-2-11)26-19(28)18-16(7-8-30-18)25(20(26)29)10-17(27)24-12-3-6-15(23)14(22)9-12/h1-9H,10H2,(H,24,27). The fourth-order valence-electron chi connectivity index (χ4n) is 2.98. The van der Waals surface area contributed by atoms with Gasteiger partial charge < -0.3 is 5.32 Å². The van der Waals surface area contributed by atoms with E-state index in [1.807, 2.05) is 0 Å². The van der Waals surface area contributed by atoms with E-state index in [1.165, 1.54) is 28.0 Å². The zero-order valence-electron chi connectivity index (χ0n) is 15.1. The number of aromatic nitrogens is 2. The second-order valence-electron chi connectivity index (χ2n) is 6.30. The van der Waals surface area contributed by atoms with Crippen molar-refractivity contribution in [2.24, 2.45) is 0 Å². The maximum absolute atomic E-state index is 13.3. The number of carbonyl (C=O) groups is 1.